The minimum atomic E-state index is -0.224. The number of nitrogens with zero attached hydrogens (tertiary/aromatic N) is 2. The lowest BCUT2D eigenvalue weighted by Crippen LogP contribution is -2.04. The van der Waals surface area contributed by atoms with Crippen molar-refractivity contribution < 1.29 is 4.42 Å². The number of benzene rings is 2. The third kappa shape index (κ3) is 2.69. The molecule has 0 saturated heterocycles. The molecule has 0 aliphatic heterocycles. The second-order valence-electron chi connectivity index (χ2n) is 5.00. The molecule has 112 valence electrons. The minimum absolute atomic E-state index is 0.224. The summed E-state index contributed by atoms with van der Waals surface area (Å²) >= 11 is 0. The van der Waals surface area contributed by atoms with E-state index in [1.54, 1.807) is 12.3 Å². The SMILES string of the molecule is O=c1cnc2cc(Nc3ncc(-c4ccccc4)o3)ccc2[nH]1. The monoisotopic (exact) mass is 304 g/mol. The zero-order valence-electron chi connectivity index (χ0n) is 12.0. The molecule has 23 heavy (non-hydrogen) atoms. The van der Waals surface area contributed by atoms with E-state index >= 15 is 0 Å². The Morgan fingerprint density at radius 1 is 1.00 bits per heavy atom. The highest BCUT2D eigenvalue weighted by Crippen LogP contribution is 2.24. The summed E-state index contributed by atoms with van der Waals surface area (Å²) in [6, 6.07) is 15.6. The van der Waals surface area contributed by atoms with Crippen molar-refractivity contribution in [2.75, 3.05) is 5.32 Å². The highest BCUT2D eigenvalue weighted by Gasteiger charge is 2.07. The number of hydrogen-bond donors (Lipinski definition) is 2. The molecule has 4 aromatic rings. The maximum Gasteiger partial charge on any atom is 0.299 e. The van der Waals surface area contributed by atoms with Gasteiger partial charge in [0.1, 0.15) is 0 Å². The minimum Gasteiger partial charge on any atom is -0.423 e. The number of oxazole rings is 1. The van der Waals surface area contributed by atoms with Crippen LogP contribution in [0.3, 0.4) is 0 Å². The third-order valence-electron chi connectivity index (χ3n) is 3.39. The predicted molar refractivity (Wildman–Crippen MR) is 87.6 cm³/mol. The fourth-order valence-corrected chi connectivity index (χ4v) is 2.31. The highest BCUT2D eigenvalue weighted by molar-refractivity contribution is 5.79. The number of nitrogens with one attached hydrogen (secondary N) is 2. The van der Waals surface area contributed by atoms with E-state index in [1.807, 2.05) is 42.5 Å². The molecule has 0 saturated carbocycles. The molecule has 0 unspecified atom stereocenters. The van der Waals surface area contributed by atoms with Crippen molar-refractivity contribution in [3.05, 3.63) is 71.3 Å². The molecule has 0 amide bonds. The van der Waals surface area contributed by atoms with Crippen LogP contribution in [0.15, 0.2) is 70.1 Å². The molecule has 0 atom stereocenters. The van der Waals surface area contributed by atoms with Crippen molar-refractivity contribution in [1.82, 2.24) is 15.0 Å². The van der Waals surface area contributed by atoms with Crippen molar-refractivity contribution in [3.63, 3.8) is 0 Å². The van der Waals surface area contributed by atoms with Crippen LogP contribution in [-0.4, -0.2) is 15.0 Å². The standard InChI is InChI=1S/C17H12N4O2/c22-16-10-18-14-8-12(6-7-13(14)21-16)20-17-19-9-15(23-17)11-4-2-1-3-5-11/h1-10H,(H,19,20)(H,21,22). The highest BCUT2D eigenvalue weighted by atomic mass is 16.4. The average molecular weight is 304 g/mol. The van der Waals surface area contributed by atoms with E-state index < -0.39 is 0 Å². The topological polar surface area (TPSA) is 83.8 Å². The number of H-pyrrole nitrogens is 1. The smallest absolute Gasteiger partial charge is 0.299 e. The summed E-state index contributed by atoms with van der Waals surface area (Å²) in [6.45, 7) is 0. The largest absolute Gasteiger partial charge is 0.423 e. The van der Waals surface area contributed by atoms with Crippen molar-refractivity contribution in [3.8, 4) is 11.3 Å². The Balaban J connectivity index is 1.62. The van der Waals surface area contributed by atoms with Gasteiger partial charge in [-0.05, 0) is 18.2 Å². The molecule has 0 aliphatic carbocycles. The number of aromatic amines is 1. The molecule has 2 N–H and O–H groups in total. The second-order valence-corrected chi connectivity index (χ2v) is 5.00. The van der Waals surface area contributed by atoms with Crippen molar-refractivity contribution in [1.29, 1.82) is 0 Å². The fourth-order valence-electron chi connectivity index (χ4n) is 2.31. The van der Waals surface area contributed by atoms with Gasteiger partial charge in [-0.2, -0.15) is 0 Å². The molecule has 6 heteroatoms. The number of rotatable bonds is 3. The first-order chi connectivity index (χ1) is 11.3. The van der Waals surface area contributed by atoms with Crippen LogP contribution in [0.4, 0.5) is 11.7 Å². The molecule has 0 aliphatic rings. The lowest BCUT2D eigenvalue weighted by molar-refractivity contribution is 0.592. The number of hydrogen-bond acceptors (Lipinski definition) is 5. The molecule has 6 nitrogen and oxygen atoms in total. The first-order valence-corrected chi connectivity index (χ1v) is 7.05. The zero-order chi connectivity index (χ0) is 15.6. The van der Waals surface area contributed by atoms with E-state index in [9.17, 15) is 4.79 Å². The van der Waals surface area contributed by atoms with Gasteiger partial charge in [-0.25, -0.2) is 9.97 Å². The van der Waals surface area contributed by atoms with Crippen LogP contribution >= 0.6 is 0 Å². The molecule has 2 heterocycles. The Labute approximate surface area is 130 Å². The Morgan fingerprint density at radius 3 is 2.74 bits per heavy atom. The Bertz CT molecular complexity index is 1020. The number of anilines is 2. The van der Waals surface area contributed by atoms with Gasteiger partial charge in [0.2, 0.25) is 0 Å². The lowest BCUT2D eigenvalue weighted by Gasteiger charge is -2.03. The first-order valence-electron chi connectivity index (χ1n) is 7.05. The fraction of sp³-hybridized carbons (Fsp3) is 0. The summed E-state index contributed by atoms with van der Waals surface area (Å²) in [5.41, 5.74) is 2.88. The van der Waals surface area contributed by atoms with Gasteiger partial charge in [0, 0.05) is 11.3 Å². The third-order valence-corrected chi connectivity index (χ3v) is 3.39. The molecule has 2 aromatic carbocycles. The normalized spacial score (nSPS) is 10.8. The average Bonchev–Trinajstić information content (AvgIpc) is 3.04. The van der Waals surface area contributed by atoms with Gasteiger partial charge in [-0.15, -0.1) is 0 Å². The molecule has 0 radical (unpaired) electrons. The Kier molecular flexibility index (Phi) is 3.12. The summed E-state index contributed by atoms with van der Waals surface area (Å²) in [5.74, 6) is 0.691. The van der Waals surface area contributed by atoms with Gasteiger partial charge in [0.25, 0.3) is 11.6 Å². The van der Waals surface area contributed by atoms with Crippen molar-refractivity contribution >= 4 is 22.7 Å². The van der Waals surface area contributed by atoms with E-state index in [1.165, 1.54) is 6.20 Å². The number of aromatic nitrogens is 3. The first kappa shape index (κ1) is 13.3. The van der Waals surface area contributed by atoms with Gasteiger partial charge in [-0.3, -0.25) is 4.79 Å². The maximum absolute atomic E-state index is 11.2. The van der Waals surface area contributed by atoms with E-state index in [2.05, 4.69) is 20.3 Å². The van der Waals surface area contributed by atoms with Crippen LogP contribution in [-0.2, 0) is 0 Å². The molecular weight excluding hydrogens is 292 g/mol. The van der Waals surface area contributed by atoms with Crippen LogP contribution in [0.25, 0.3) is 22.4 Å². The van der Waals surface area contributed by atoms with Crippen LogP contribution in [0, 0.1) is 0 Å². The zero-order valence-corrected chi connectivity index (χ0v) is 12.0. The summed E-state index contributed by atoms with van der Waals surface area (Å²) in [4.78, 5) is 22.3. The summed E-state index contributed by atoms with van der Waals surface area (Å²) in [7, 11) is 0. The van der Waals surface area contributed by atoms with Gasteiger partial charge >= 0.3 is 0 Å². The summed E-state index contributed by atoms with van der Waals surface area (Å²) in [5, 5.41) is 3.09. The molecule has 4 rings (SSSR count). The summed E-state index contributed by atoms with van der Waals surface area (Å²) in [6.07, 6.45) is 2.93. The molecule has 2 aromatic heterocycles. The van der Waals surface area contributed by atoms with Crippen LogP contribution in [0.1, 0.15) is 0 Å². The molecule has 0 bridgehead atoms. The van der Waals surface area contributed by atoms with E-state index in [0.717, 1.165) is 11.3 Å². The Hall–Kier alpha value is -3.41. The van der Waals surface area contributed by atoms with Crippen LogP contribution in [0.2, 0.25) is 0 Å². The summed E-state index contributed by atoms with van der Waals surface area (Å²) < 4.78 is 5.70. The molecular formula is C17H12N4O2. The quantitative estimate of drug-likeness (QED) is 0.606. The van der Waals surface area contributed by atoms with Gasteiger partial charge < -0.3 is 14.7 Å². The number of fused-ring (bicyclic) bond motifs is 1. The van der Waals surface area contributed by atoms with Crippen molar-refractivity contribution in [2.24, 2.45) is 0 Å². The predicted octanol–water partition coefficient (Wildman–Crippen LogP) is 3.32. The molecule has 0 fully saturated rings. The van der Waals surface area contributed by atoms with Crippen LogP contribution < -0.4 is 10.9 Å². The second kappa shape index (κ2) is 5.42. The lowest BCUT2D eigenvalue weighted by atomic mass is 10.2. The van der Waals surface area contributed by atoms with Gasteiger partial charge in [0.15, 0.2) is 5.76 Å². The van der Waals surface area contributed by atoms with E-state index in [4.69, 9.17) is 4.42 Å². The Morgan fingerprint density at radius 2 is 1.87 bits per heavy atom. The maximum atomic E-state index is 11.2. The van der Waals surface area contributed by atoms with Crippen molar-refractivity contribution in [2.45, 2.75) is 0 Å². The van der Waals surface area contributed by atoms with E-state index in [-0.39, 0.29) is 5.56 Å². The van der Waals surface area contributed by atoms with E-state index in [0.29, 0.717) is 22.8 Å². The van der Waals surface area contributed by atoms with Gasteiger partial charge in [-0.1, -0.05) is 30.3 Å². The van der Waals surface area contributed by atoms with Crippen LogP contribution in [0.5, 0.6) is 0 Å². The van der Waals surface area contributed by atoms with Gasteiger partial charge in [0.05, 0.1) is 23.4 Å². The molecule has 0 spiro atoms.